The molecule has 1 unspecified atom stereocenters. The number of amides is 1. The number of likely N-dealkylation sites (tertiary alicyclic amines) is 1. The van der Waals surface area contributed by atoms with Crippen molar-refractivity contribution in [2.75, 3.05) is 44.7 Å². The van der Waals surface area contributed by atoms with Crippen LogP contribution in [0.5, 0.6) is 0 Å². The summed E-state index contributed by atoms with van der Waals surface area (Å²) in [6.07, 6.45) is 0.315. The topological polar surface area (TPSA) is 47.0 Å². The summed E-state index contributed by atoms with van der Waals surface area (Å²) in [7, 11) is 2.12. The second-order valence-electron chi connectivity index (χ2n) is 6.64. The quantitative estimate of drug-likeness (QED) is 0.909. The minimum absolute atomic E-state index is 0.0949. The van der Waals surface area contributed by atoms with E-state index in [0.717, 1.165) is 32.6 Å². The van der Waals surface area contributed by atoms with Crippen LogP contribution in [0.1, 0.15) is 12.0 Å². The Morgan fingerprint density at radius 1 is 1.14 bits per heavy atom. The first-order chi connectivity index (χ1) is 10.5. The summed E-state index contributed by atoms with van der Waals surface area (Å²) >= 11 is 0. The molecule has 2 fully saturated rings. The average molecular weight is 303 g/mol. The number of aryl methyl sites for hydroxylation is 1. The Bertz CT molecular complexity index is 531. The zero-order valence-electron chi connectivity index (χ0n) is 13.4. The number of benzene rings is 1. The lowest BCUT2D eigenvalue weighted by Crippen LogP contribution is -2.58. The molecule has 0 radical (unpaired) electrons. The van der Waals surface area contributed by atoms with E-state index < -0.39 is 6.09 Å². The molecule has 0 aliphatic carbocycles. The second-order valence-corrected chi connectivity index (χ2v) is 6.64. The van der Waals surface area contributed by atoms with Crippen molar-refractivity contribution in [2.45, 2.75) is 19.4 Å². The molecule has 5 nitrogen and oxygen atoms in total. The van der Waals surface area contributed by atoms with Gasteiger partial charge in [0, 0.05) is 31.9 Å². The number of piperazine rings is 1. The van der Waals surface area contributed by atoms with Crippen LogP contribution in [0.2, 0.25) is 0 Å². The Hall–Kier alpha value is -1.75. The molecule has 1 aromatic carbocycles. The van der Waals surface area contributed by atoms with Gasteiger partial charge in [0.2, 0.25) is 0 Å². The highest BCUT2D eigenvalue weighted by Gasteiger charge is 2.38. The van der Waals surface area contributed by atoms with E-state index in [0.29, 0.717) is 12.5 Å². The van der Waals surface area contributed by atoms with E-state index in [1.807, 2.05) is 0 Å². The van der Waals surface area contributed by atoms with Gasteiger partial charge in [0.15, 0.2) is 0 Å². The zero-order chi connectivity index (χ0) is 15.7. The predicted octanol–water partition coefficient (Wildman–Crippen LogP) is 2.12. The van der Waals surface area contributed by atoms with E-state index in [2.05, 4.69) is 48.0 Å². The fourth-order valence-electron chi connectivity index (χ4n) is 3.72. The van der Waals surface area contributed by atoms with Crippen molar-refractivity contribution in [3.63, 3.8) is 0 Å². The fourth-order valence-corrected chi connectivity index (χ4v) is 3.72. The van der Waals surface area contributed by atoms with Gasteiger partial charge in [-0.25, -0.2) is 4.79 Å². The molecule has 5 heteroatoms. The predicted molar refractivity (Wildman–Crippen MR) is 87.5 cm³/mol. The maximum absolute atomic E-state index is 11.6. The third kappa shape index (κ3) is 3.04. The maximum atomic E-state index is 11.6. The first-order valence-electron chi connectivity index (χ1n) is 8.04. The summed E-state index contributed by atoms with van der Waals surface area (Å²) in [4.78, 5) is 17.9. The van der Waals surface area contributed by atoms with Crippen molar-refractivity contribution >= 4 is 11.8 Å². The number of nitrogens with zero attached hydrogens (tertiary/aromatic N) is 3. The Kier molecular flexibility index (Phi) is 4.25. The third-order valence-electron chi connectivity index (χ3n) is 5.04. The van der Waals surface area contributed by atoms with Gasteiger partial charge in [0.1, 0.15) is 0 Å². The van der Waals surface area contributed by atoms with Crippen LogP contribution in [0.15, 0.2) is 24.3 Å². The molecule has 1 aromatic rings. The lowest BCUT2D eigenvalue weighted by molar-refractivity contribution is 0.0978. The van der Waals surface area contributed by atoms with Crippen LogP contribution in [0.25, 0.3) is 0 Å². The standard InChI is InChI=1S/C17H25N3O2/c1-13-3-5-15(6-4-13)19-9-10-20(17(21)22)16(12-19)14-7-8-18(2)11-14/h3-6,14,16H,7-12H2,1-2H3,(H,21,22)/t14-,16?/m0/s1. The van der Waals surface area contributed by atoms with Crippen LogP contribution in [-0.4, -0.2) is 66.8 Å². The summed E-state index contributed by atoms with van der Waals surface area (Å²) in [5.74, 6) is 0.439. The van der Waals surface area contributed by atoms with Gasteiger partial charge in [-0.2, -0.15) is 0 Å². The molecular formula is C17H25N3O2. The molecule has 2 saturated heterocycles. The zero-order valence-corrected chi connectivity index (χ0v) is 13.4. The van der Waals surface area contributed by atoms with Crippen LogP contribution >= 0.6 is 0 Å². The molecule has 3 rings (SSSR count). The molecule has 2 aliphatic heterocycles. The summed E-state index contributed by atoms with van der Waals surface area (Å²) in [6, 6.07) is 8.62. The molecule has 0 saturated carbocycles. The minimum atomic E-state index is -0.775. The van der Waals surface area contributed by atoms with Crippen molar-refractivity contribution in [3.8, 4) is 0 Å². The summed E-state index contributed by atoms with van der Waals surface area (Å²) in [5, 5.41) is 9.52. The maximum Gasteiger partial charge on any atom is 0.407 e. The fraction of sp³-hybridized carbons (Fsp3) is 0.588. The van der Waals surface area contributed by atoms with Crippen LogP contribution in [0.3, 0.4) is 0 Å². The van der Waals surface area contributed by atoms with Crippen molar-refractivity contribution in [1.29, 1.82) is 0 Å². The Labute approximate surface area is 132 Å². The van der Waals surface area contributed by atoms with Crippen LogP contribution in [0, 0.1) is 12.8 Å². The van der Waals surface area contributed by atoms with Crippen LogP contribution in [0.4, 0.5) is 10.5 Å². The number of carboxylic acid groups (broad SMARTS) is 1. The molecule has 1 amide bonds. The Morgan fingerprint density at radius 3 is 2.45 bits per heavy atom. The van der Waals surface area contributed by atoms with E-state index in [4.69, 9.17) is 0 Å². The van der Waals surface area contributed by atoms with Crippen LogP contribution < -0.4 is 4.90 Å². The van der Waals surface area contributed by atoms with E-state index in [9.17, 15) is 9.90 Å². The normalized spacial score (nSPS) is 26.5. The molecular weight excluding hydrogens is 278 g/mol. The van der Waals surface area contributed by atoms with Crippen molar-refractivity contribution in [3.05, 3.63) is 29.8 Å². The van der Waals surface area contributed by atoms with E-state index >= 15 is 0 Å². The smallest absolute Gasteiger partial charge is 0.407 e. The molecule has 2 heterocycles. The van der Waals surface area contributed by atoms with Gasteiger partial charge < -0.3 is 19.8 Å². The second kappa shape index (κ2) is 6.16. The SMILES string of the molecule is Cc1ccc(N2CCN(C(=O)O)C([C@H]3CCN(C)C3)C2)cc1. The number of rotatable bonds is 2. The van der Waals surface area contributed by atoms with Gasteiger partial charge in [-0.3, -0.25) is 0 Å². The number of hydrogen-bond donors (Lipinski definition) is 1. The summed E-state index contributed by atoms with van der Waals surface area (Å²) < 4.78 is 0. The highest BCUT2D eigenvalue weighted by molar-refractivity contribution is 5.66. The van der Waals surface area contributed by atoms with E-state index in [-0.39, 0.29) is 6.04 Å². The summed E-state index contributed by atoms with van der Waals surface area (Å²) in [5.41, 5.74) is 2.45. The van der Waals surface area contributed by atoms with E-state index in [1.54, 1.807) is 4.90 Å². The number of hydrogen-bond acceptors (Lipinski definition) is 3. The molecule has 0 aromatic heterocycles. The van der Waals surface area contributed by atoms with Gasteiger partial charge >= 0.3 is 6.09 Å². The molecule has 2 aliphatic rings. The molecule has 1 N–H and O–H groups in total. The highest BCUT2D eigenvalue weighted by atomic mass is 16.4. The lowest BCUT2D eigenvalue weighted by Gasteiger charge is -2.43. The van der Waals surface area contributed by atoms with Crippen molar-refractivity contribution in [1.82, 2.24) is 9.80 Å². The van der Waals surface area contributed by atoms with Gasteiger partial charge in [0.25, 0.3) is 0 Å². The molecule has 0 bridgehead atoms. The first-order valence-corrected chi connectivity index (χ1v) is 8.04. The van der Waals surface area contributed by atoms with Crippen LogP contribution in [-0.2, 0) is 0 Å². The largest absolute Gasteiger partial charge is 0.465 e. The molecule has 0 spiro atoms. The molecule has 22 heavy (non-hydrogen) atoms. The highest BCUT2D eigenvalue weighted by Crippen LogP contribution is 2.28. The third-order valence-corrected chi connectivity index (χ3v) is 5.04. The number of anilines is 1. The van der Waals surface area contributed by atoms with Gasteiger partial charge in [-0.05, 0) is 45.0 Å². The van der Waals surface area contributed by atoms with E-state index in [1.165, 1.54) is 11.3 Å². The summed E-state index contributed by atoms with van der Waals surface area (Å²) in [6.45, 7) is 6.31. The first kappa shape index (κ1) is 15.2. The minimum Gasteiger partial charge on any atom is -0.465 e. The molecule has 2 atom stereocenters. The molecule has 120 valence electrons. The van der Waals surface area contributed by atoms with Gasteiger partial charge in [-0.1, -0.05) is 17.7 Å². The van der Waals surface area contributed by atoms with Gasteiger partial charge in [-0.15, -0.1) is 0 Å². The van der Waals surface area contributed by atoms with Crippen molar-refractivity contribution in [2.24, 2.45) is 5.92 Å². The van der Waals surface area contributed by atoms with Gasteiger partial charge in [0.05, 0.1) is 6.04 Å². The Morgan fingerprint density at radius 2 is 1.86 bits per heavy atom. The number of carbonyl (C=O) groups is 1. The van der Waals surface area contributed by atoms with Crippen molar-refractivity contribution < 1.29 is 9.90 Å². The lowest BCUT2D eigenvalue weighted by atomic mass is 9.95. The Balaban J connectivity index is 1.77. The monoisotopic (exact) mass is 303 g/mol. The average Bonchev–Trinajstić information content (AvgIpc) is 2.94.